The second-order valence-electron chi connectivity index (χ2n) is 6.97. The number of fused-ring (bicyclic) bond motifs is 1. The number of benzene rings is 1. The summed E-state index contributed by atoms with van der Waals surface area (Å²) in [7, 11) is 4.51. The third-order valence-corrected chi connectivity index (χ3v) is 4.97. The number of nitrogens with zero attached hydrogens (tertiary/aromatic N) is 2. The molecule has 3 heteroatoms. The Morgan fingerprint density at radius 1 is 1.29 bits per heavy atom. The molecule has 0 unspecified atom stereocenters. The maximum atomic E-state index is 3.49. The average molecular weight is 287 g/mol. The van der Waals surface area contributed by atoms with Crippen LogP contribution in [-0.4, -0.2) is 50.1 Å². The van der Waals surface area contributed by atoms with Crippen molar-refractivity contribution >= 4 is 5.69 Å². The predicted molar refractivity (Wildman–Crippen MR) is 89.8 cm³/mol. The molecule has 0 radical (unpaired) electrons. The number of hydrogen-bond acceptors (Lipinski definition) is 3. The quantitative estimate of drug-likeness (QED) is 0.918. The smallest absolute Gasteiger partial charge is 0.0372 e. The van der Waals surface area contributed by atoms with Gasteiger partial charge in [0, 0.05) is 25.3 Å². The Kier molecular flexibility index (Phi) is 4.81. The Hall–Kier alpha value is -1.06. The van der Waals surface area contributed by atoms with Crippen molar-refractivity contribution in [3.8, 4) is 0 Å². The summed E-state index contributed by atoms with van der Waals surface area (Å²) in [6, 6.07) is 6.97. The summed E-state index contributed by atoms with van der Waals surface area (Å²) in [6.45, 7) is 5.98. The molecule has 1 saturated heterocycles. The van der Waals surface area contributed by atoms with Gasteiger partial charge in [-0.25, -0.2) is 0 Å². The van der Waals surface area contributed by atoms with E-state index >= 15 is 0 Å². The Bertz CT molecular complexity index is 464. The van der Waals surface area contributed by atoms with Crippen LogP contribution in [0.3, 0.4) is 0 Å². The van der Waals surface area contributed by atoms with E-state index in [1.165, 1.54) is 62.1 Å². The molecule has 21 heavy (non-hydrogen) atoms. The SMILES string of the molecule is CN1CCC(CN(C)Cc2ccc3c(c2)CCCN3)CC1. The first-order valence-electron chi connectivity index (χ1n) is 8.43. The summed E-state index contributed by atoms with van der Waals surface area (Å²) in [4.78, 5) is 4.96. The Labute approximate surface area is 129 Å². The van der Waals surface area contributed by atoms with Gasteiger partial charge in [-0.2, -0.15) is 0 Å². The van der Waals surface area contributed by atoms with Gasteiger partial charge in [-0.3, -0.25) is 0 Å². The molecule has 2 heterocycles. The second kappa shape index (κ2) is 6.80. The van der Waals surface area contributed by atoms with Crippen LogP contribution in [0.25, 0.3) is 0 Å². The van der Waals surface area contributed by atoms with Gasteiger partial charge < -0.3 is 15.1 Å². The Morgan fingerprint density at radius 3 is 2.90 bits per heavy atom. The molecule has 0 spiro atoms. The highest BCUT2D eigenvalue weighted by atomic mass is 15.1. The first-order valence-corrected chi connectivity index (χ1v) is 8.43. The molecule has 3 nitrogen and oxygen atoms in total. The fourth-order valence-electron chi connectivity index (χ4n) is 3.69. The number of likely N-dealkylation sites (tertiary alicyclic amines) is 1. The molecule has 1 aromatic carbocycles. The summed E-state index contributed by atoms with van der Waals surface area (Å²) in [5, 5.41) is 3.49. The van der Waals surface area contributed by atoms with Crippen molar-refractivity contribution in [3.63, 3.8) is 0 Å². The van der Waals surface area contributed by atoms with E-state index in [1.807, 2.05) is 0 Å². The van der Waals surface area contributed by atoms with Crippen molar-refractivity contribution < 1.29 is 0 Å². The van der Waals surface area contributed by atoms with E-state index in [0.717, 1.165) is 19.0 Å². The standard InChI is InChI=1S/C18H29N3/c1-20-10-7-15(8-11-20)13-21(2)14-16-5-6-18-17(12-16)4-3-9-19-18/h5-6,12,15,19H,3-4,7-11,13-14H2,1-2H3. The van der Waals surface area contributed by atoms with Crippen LogP contribution in [0.1, 0.15) is 30.4 Å². The fourth-order valence-corrected chi connectivity index (χ4v) is 3.69. The van der Waals surface area contributed by atoms with Crippen molar-refractivity contribution in [2.24, 2.45) is 5.92 Å². The van der Waals surface area contributed by atoms with Gasteiger partial charge in [-0.05, 0) is 76.0 Å². The molecule has 1 N–H and O–H groups in total. The van der Waals surface area contributed by atoms with Gasteiger partial charge in [0.05, 0.1) is 0 Å². The second-order valence-corrected chi connectivity index (χ2v) is 6.97. The molecule has 116 valence electrons. The van der Waals surface area contributed by atoms with Gasteiger partial charge in [0.15, 0.2) is 0 Å². The van der Waals surface area contributed by atoms with E-state index in [2.05, 4.69) is 47.4 Å². The van der Waals surface area contributed by atoms with Crippen LogP contribution >= 0.6 is 0 Å². The number of aryl methyl sites for hydroxylation is 1. The normalized spacial score (nSPS) is 20.3. The number of rotatable bonds is 4. The highest BCUT2D eigenvalue weighted by Crippen LogP contribution is 2.24. The van der Waals surface area contributed by atoms with E-state index in [1.54, 1.807) is 0 Å². The van der Waals surface area contributed by atoms with E-state index in [-0.39, 0.29) is 0 Å². The Morgan fingerprint density at radius 2 is 2.10 bits per heavy atom. The molecular formula is C18H29N3. The van der Waals surface area contributed by atoms with Gasteiger partial charge in [-0.15, -0.1) is 0 Å². The third kappa shape index (κ3) is 3.98. The maximum Gasteiger partial charge on any atom is 0.0372 e. The van der Waals surface area contributed by atoms with Gasteiger partial charge in [-0.1, -0.05) is 12.1 Å². The minimum absolute atomic E-state index is 0.880. The molecule has 1 aromatic rings. The monoisotopic (exact) mass is 287 g/mol. The lowest BCUT2D eigenvalue weighted by atomic mass is 9.96. The molecule has 0 aromatic heterocycles. The lowest BCUT2D eigenvalue weighted by Gasteiger charge is -2.31. The molecule has 0 aliphatic carbocycles. The number of piperidine rings is 1. The maximum absolute atomic E-state index is 3.49. The van der Waals surface area contributed by atoms with Crippen molar-refractivity contribution in [2.75, 3.05) is 45.6 Å². The van der Waals surface area contributed by atoms with E-state index in [0.29, 0.717) is 0 Å². The van der Waals surface area contributed by atoms with Crippen LogP contribution in [0.4, 0.5) is 5.69 Å². The number of hydrogen-bond donors (Lipinski definition) is 1. The van der Waals surface area contributed by atoms with Gasteiger partial charge in [0.2, 0.25) is 0 Å². The van der Waals surface area contributed by atoms with Crippen LogP contribution < -0.4 is 5.32 Å². The molecular weight excluding hydrogens is 258 g/mol. The first kappa shape index (κ1) is 14.9. The van der Waals surface area contributed by atoms with Crippen LogP contribution in [-0.2, 0) is 13.0 Å². The largest absolute Gasteiger partial charge is 0.385 e. The highest BCUT2D eigenvalue weighted by molar-refractivity contribution is 5.54. The van der Waals surface area contributed by atoms with Crippen molar-refractivity contribution in [1.29, 1.82) is 0 Å². The predicted octanol–water partition coefficient (Wildman–Crippen LogP) is 2.82. The van der Waals surface area contributed by atoms with Crippen molar-refractivity contribution in [2.45, 2.75) is 32.2 Å². The van der Waals surface area contributed by atoms with E-state index in [4.69, 9.17) is 0 Å². The van der Waals surface area contributed by atoms with Crippen LogP contribution in [0.5, 0.6) is 0 Å². The minimum Gasteiger partial charge on any atom is -0.385 e. The minimum atomic E-state index is 0.880. The summed E-state index contributed by atoms with van der Waals surface area (Å²) in [6.07, 6.45) is 5.21. The number of nitrogens with one attached hydrogen (secondary N) is 1. The summed E-state index contributed by atoms with van der Waals surface area (Å²) in [5.41, 5.74) is 4.32. The molecule has 0 bridgehead atoms. The Balaban J connectivity index is 1.53. The molecule has 0 saturated carbocycles. The number of anilines is 1. The average Bonchev–Trinajstić information content (AvgIpc) is 2.49. The summed E-state index contributed by atoms with van der Waals surface area (Å²) < 4.78 is 0. The molecule has 0 amide bonds. The lowest BCUT2D eigenvalue weighted by molar-refractivity contribution is 0.173. The van der Waals surface area contributed by atoms with Crippen molar-refractivity contribution in [3.05, 3.63) is 29.3 Å². The summed E-state index contributed by atoms with van der Waals surface area (Å²) in [5.74, 6) is 0.880. The van der Waals surface area contributed by atoms with Gasteiger partial charge in [0.1, 0.15) is 0 Å². The molecule has 1 fully saturated rings. The van der Waals surface area contributed by atoms with Gasteiger partial charge >= 0.3 is 0 Å². The zero-order valence-corrected chi connectivity index (χ0v) is 13.6. The lowest BCUT2D eigenvalue weighted by Crippen LogP contribution is -2.35. The topological polar surface area (TPSA) is 18.5 Å². The van der Waals surface area contributed by atoms with Crippen LogP contribution in [0, 0.1) is 5.92 Å². The summed E-state index contributed by atoms with van der Waals surface area (Å²) >= 11 is 0. The van der Waals surface area contributed by atoms with Gasteiger partial charge in [0.25, 0.3) is 0 Å². The highest BCUT2D eigenvalue weighted by Gasteiger charge is 2.18. The van der Waals surface area contributed by atoms with Crippen LogP contribution in [0.2, 0.25) is 0 Å². The first-order chi connectivity index (χ1) is 10.2. The molecule has 0 atom stereocenters. The fraction of sp³-hybridized carbons (Fsp3) is 0.667. The third-order valence-electron chi connectivity index (χ3n) is 4.97. The molecule has 2 aliphatic rings. The zero-order chi connectivity index (χ0) is 14.7. The molecule has 2 aliphatic heterocycles. The van der Waals surface area contributed by atoms with E-state index in [9.17, 15) is 0 Å². The van der Waals surface area contributed by atoms with Crippen LogP contribution in [0.15, 0.2) is 18.2 Å². The van der Waals surface area contributed by atoms with E-state index < -0.39 is 0 Å². The molecule has 3 rings (SSSR count). The zero-order valence-electron chi connectivity index (χ0n) is 13.6. The van der Waals surface area contributed by atoms with Crippen molar-refractivity contribution in [1.82, 2.24) is 9.80 Å².